The molecule has 0 saturated heterocycles. The molecule has 0 unspecified atom stereocenters. The Bertz CT molecular complexity index is 48.9. The van der Waals surface area contributed by atoms with Crippen molar-refractivity contribution in [2.75, 3.05) is 0 Å². The summed E-state index contributed by atoms with van der Waals surface area (Å²) < 4.78 is 2.03. The van der Waals surface area contributed by atoms with Crippen LogP contribution in [-0.2, 0) is 0 Å². The van der Waals surface area contributed by atoms with E-state index >= 15 is 0 Å². The van der Waals surface area contributed by atoms with E-state index in [0.717, 1.165) is 0 Å². The van der Waals surface area contributed by atoms with Crippen LogP contribution in [0, 0.1) is 0 Å². The Morgan fingerprint density at radius 1 is 1.60 bits per heavy atom. The van der Waals surface area contributed by atoms with E-state index in [4.69, 9.17) is 0 Å². The summed E-state index contributed by atoms with van der Waals surface area (Å²) in [6.07, 6.45) is 1.99. The first kappa shape index (κ1) is 5.99. The average molecular weight is 236 g/mol. The van der Waals surface area contributed by atoms with Gasteiger partial charge >= 0.3 is 54.3 Å². The molecule has 3 radical (unpaired) electrons. The van der Waals surface area contributed by atoms with Gasteiger partial charge < -0.3 is 0 Å². The zero-order valence-electron chi connectivity index (χ0n) is 2.63. The molecule has 25 valence electrons. The summed E-state index contributed by atoms with van der Waals surface area (Å²) in [6, 6.07) is 0. The summed E-state index contributed by atoms with van der Waals surface area (Å²) in [5, 5.41) is 0. The van der Waals surface area contributed by atoms with E-state index < -0.39 is 0 Å². The maximum atomic E-state index is 2.37. The molecular weight excluding hydrogens is 233 g/mol. The molecule has 2 heteroatoms. The molecule has 0 bridgehead atoms. The normalized spacial score (nSPS) is 9.00. The van der Waals surface area contributed by atoms with Crippen LogP contribution in [0.2, 0.25) is 0 Å². The van der Waals surface area contributed by atoms with Gasteiger partial charge in [-0.3, -0.25) is 0 Å². The molecule has 0 N–H and O–H groups in total. The van der Waals surface area contributed by atoms with Crippen LogP contribution in [0.4, 0.5) is 0 Å². The van der Waals surface area contributed by atoms with Crippen molar-refractivity contribution in [3.8, 4) is 0 Å². The van der Waals surface area contributed by atoms with Crippen molar-refractivity contribution in [1.29, 1.82) is 0 Å². The van der Waals surface area contributed by atoms with Gasteiger partial charge in [-0.15, -0.1) is 0 Å². The molecule has 0 atom stereocenters. The van der Waals surface area contributed by atoms with Crippen LogP contribution in [0.3, 0.4) is 0 Å². The zero-order valence-corrected chi connectivity index (χ0v) is 7.06. The fourth-order valence-electron chi connectivity index (χ4n) is 0.0385. The monoisotopic (exact) mass is 235 g/mol. The molecule has 0 aromatic carbocycles. The molecule has 0 heterocycles. The van der Waals surface area contributed by atoms with Gasteiger partial charge in [-0.1, -0.05) is 0 Å². The van der Waals surface area contributed by atoms with Gasteiger partial charge in [0.25, 0.3) is 0 Å². The first-order valence-corrected chi connectivity index (χ1v) is 3.74. The second-order valence-electron chi connectivity index (χ2n) is 0.491. The van der Waals surface area contributed by atoms with Crippen LogP contribution in [0.15, 0.2) is 10.9 Å². The molecule has 0 aliphatic rings. The Morgan fingerprint density at radius 3 is 2.20 bits per heavy atom. The zero-order chi connectivity index (χ0) is 4.12. The molecule has 0 nitrogen and oxygen atoms in total. The first-order valence-electron chi connectivity index (χ1n) is 1.18. The van der Waals surface area contributed by atoms with Gasteiger partial charge in [-0.05, 0) is 0 Å². The van der Waals surface area contributed by atoms with Crippen molar-refractivity contribution < 1.29 is 0 Å². The van der Waals surface area contributed by atoms with Crippen LogP contribution in [0.5, 0.6) is 0 Å². The minimum absolute atomic E-state index is 1.70. The Labute approximate surface area is 54.1 Å². The minimum atomic E-state index is 1.70. The summed E-state index contributed by atoms with van der Waals surface area (Å²) >= 11 is 4.07. The maximum absolute atomic E-state index is 2.37. The van der Waals surface area contributed by atoms with Gasteiger partial charge in [0.05, 0.1) is 0 Å². The van der Waals surface area contributed by atoms with Gasteiger partial charge in [-0.25, -0.2) is 0 Å². The topological polar surface area (TPSA) is 0 Å². The van der Waals surface area contributed by atoms with E-state index in [1.54, 1.807) is 22.5 Å². The van der Waals surface area contributed by atoms with Gasteiger partial charge in [0, 0.05) is 0 Å². The SMILES string of the molecule is [As]C=C[CH]=[Sb]. The van der Waals surface area contributed by atoms with Crippen molar-refractivity contribution in [1.82, 2.24) is 0 Å². The number of rotatable bonds is 1. The summed E-state index contributed by atoms with van der Waals surface area (Å²) in [6.45, 7) is 0. The molecular formula is C3H3AsSb. The molecule has 0 aromatic heterocycles. The van der Waals surface area contributed by atoms with E-state index in [1.165, 1.54) is 0 Å². The van der Waals surface area contributed by atoms with E-state index in [0.29, 0.717) is 0 Å². The Morgan fingerprint density at radius 2 is 2.20 bits per heavy atom. The van der Waals surface area contributed by atoms with Gasteiger partial charge in [0.1, 0.15) is 0 Å². The Kier molecular flexibility index (Phi) is 5.97. The van der Waals surface area contributed by atoms with Crippen LogP contribution in [0.25, 0.3) is 0 Å². The third-order valence-electron chi connectivity index (χ3n) is 0.172. The van der Waals surface area contributed by atoms with E-state index in [9.17, 15) is 0 Å². The first-order chi connectivity index (χ1) is 2.41. The standard InChI is InChI=1S/C3H3As.Sb/c1-2-3-4;/h1-3H;. The Balaban J connectivity index is 2.92. The van der Waals surface area contributed by atoms with Crippen LogP contribution >= 0.6 is 0 Å². The molecule has 0 aliphatic carbocycles. The summed E-state index contributed by atoms with van der Waals surface area (Å²) in [5.41, 5.74) is 0. The van der Waals surface area contributed by atoms with Crippen LogP contribution in [0.1, 0.15) is 0 Å². The fraction of sp³-hybridized carbons (Fsp3) is 0. The number of hydrogen-bond acceptors (Lipinski definition) is 0. The average Bonchev–Trinajstić information content (AvgIpc) is 1.41. The van der Waals surface area contributed by atoms with Crippen molar-refractivity contribution >= 4 is 43.3 Å². The van der Waals surface area contributed by atoms with Crippen molar-refractivity contribution in [2.45, 2.75) is 0 Å². The molecule has 0 aliphatic heterocycles. The molecule has 0 aromatic rings. The molecule has 0 amide bonds. The van der Waals surface area contributed by atoms with Crippen LogP contribution in [-0.4, -0.2) is 43.3 Å². The number of hydrogen-bond donors (Lipinski definition) is 0. The van der Waals surface area contributed by atoms with Crippen molar-refractivity contribution in [2.24, 2.45) is 0 Å². The molecule has 5 heavy (non-hydrogen) atoms. The number of allylic oxidation sites excluding steroid dienone is 1. The quantitative estimate of drug-likeness (QED) is 0.545. The predicted molar refractivity (Wildman–Crippen MR) is 26.7 cm³/mol. The predicted octanol–water partition coefficient (Wildman–Crippen LogP) is -0.361. The van der Waals surface area contributed by atoms with Gasteiger partial charge in [0.2, 0.25) is 0 Å². The third-order valence-corrected chi connectivity index (χ3v) is 1.02. The second-order valence-corrected chi connectivity index (χ2v) is 1.97. The third kappa shape index (κ3) is 4.99. The molecule has 0 spiro atoms. The van der Waals surface area contributed by atoms with Crippen molar-refractivity contribution in [3.05, 3.63) is 10.9 Å². The van der Waals surface area contributed by atoms with E-state index in [2.05, 4.69) is 16.9 Å². The molecule has 0 saturated carbocycles. The van der Waals surface area contributed by atoms with E-state index in [-0.39, 0.29) is 0 Å². The fourth-order valence-corrected chi connectivity index (χ4v) is 1.34. The molecule has 0 rings (SSSR count). The van der Waals surface area contributed by atoms with Gasteiger partial charge in [-0.2, -0.15) is 0 Å². The summed E-state index contributed by atoms with van der Waals surface area (Å²) in [7, 11) is 0. The Hall–Kier alpha value is 0.987. The summed E-state index contributed by atoms with van der Waals surface area (Å²) in [4.78, 5) is 1.95. The van der Waals surface area contributed by atoms with Crippen LogP contribution < -0.4 is 0 Å². The van der Waals surface area contributed by atoms with Crippen molar-refractivity contribution in [3.63, 3.8) is 0 Å². The molecule has 0 fully saturated rings. The summed E-state index contributed by atoms with van der Waals surface area (Å²) in [5.74, 6) is 0. The second kappa shape index (κ2) is 4.99. The van der Waals surface area contributed by atoms with E-state index in [1.807, 2.05) is 14.9 Å². The van der Waals surface area contributed by atoms with Gasteiger partial charge in [0.15, 0.2) is 0 Å².